The minimum atomic E-state index is -0.622. The smallest absolute Gasteiger partial charge is 0.128 e. The molecule has 1 atom stereocenters. The van der Waals surface area contributed by atoms with Crippen molar-refractivity contribution in [3.8, 4) is 0 Å². The summed E-state index contributed by atoms with van der Waals surface area (Å²) in [6, 6.07) is 0. The van der Waals surface area contributed by atoms with Gasteiger partial charge in [0.05, 0.1) is 85.9 Å². The molecule has 200 valence electrons. The summed E-state index contributed by atoms with van der Waals surface area (Å²) in [5, 5.41) is 21.5. The highest BCUT2D eigenvalue weighted by Crippen LogP contribution is 2.07. The highest BCUT2D eigenvalue weighted by Gasteiger charge is 2.02. The SMILES string of the molecule is CCCCCCCCCCNC(O)COCCOCCOCCOCCOCCOCCO. The largest absolute Gasteiger partial charge is 0.394 e. The van der Waals surface area contributed by atoms with Crippen LogP contribution >= 0.6 is 0 Å². The second-order valence-corrected chi connectivity index (χ2v) is 7.81. The molecule has 0 radical (unpaired) electrons. The average Bonchev–Trinajstić information content (AvgIpc) is 2.82. The predicted octanol–water partition coefficient (Wildman–Crippen LogP) is 2.13. The molecule has 0 aromatic carbocycles. The van der Waals surface area contributed by atoms with E-state index in [9.17, 15) is 5.11 Å². The summed E-state index contributed by atoms with van der Waals surface area (Å²) in [6.07, 6.45) is 9.64. The maximum Gasteiger partial charge on any atom is 0.128 e. The van der Waals surface area contributed by atoms with Gasteiger partial charge in [-0.3, -0.25) is 5.32 Å². The van der Waals surface area contributed by atoms with Crippen LogP contribution in [0.2, 0.25) is 0 Å². The second kappa shape index (κ2) is 29.7. The van der Waals surface area contributed by atoms with Crippen LogP contribution in [-0.2, 0) is 28.4 Å². The molecule has 0 saturated heterocycles. The summed E-state index contributed by atoms with van der Waals surface area (Å²) in [5.74, 6) is 0. The van der Waals surface area contributed by atoms with Crippen LogP contribution in [0.1, 0.15) is 58.3 Å². The Morgan fingerprint density at radius 1 is 0.545 bits per heavy atom. The average molecular weight is 482 g/mol. The fourth-order valence-corrected chi connectivity index (χ4v) is 2.95. The lowest BCUT2D eigenvalue weighted by molar-refractivity contribution is -0.0278. The van der Waals surface area contributed by atoms with Crippen LogP contribution in [-0.4, -0.2) is 109 Å². The molecular formula is C24H51NO8. The van der Waals surface area contributed by atoms with Crippen molar-refractivity contribution in [3.63, 3.8) is 0 Å². The highest BCUT2D eigenvalue weighted by atomic mass is 16.6. The summed E-state index contributed by atoms with van der Waals surface area (Å²) >= 11 is 0. The zero-order valence-electron chi connectivity index (χ0n) is 21.0. The van der Waals surface area contributed by atoms with Crippen molar-refractivity contribution in [1.29, 1.82) is 0 Å². The van der Waals surface area contributed by atoms with Crippen LogP contribution < -0.4 is 5.32 Å². The molecule has 0 aliphatic heterocycles. The molecule has 0 fully saturated rings. The summed E-state index contributed by atoms with van der Waals surface area (Å²) < 4.78 is 32.0. The van der Waals surface area contributed by atoms with E-state index in [0.717, 1.165) is 13.0 Å². The van der Waals surface area contributed by atoms with Gasteiger partial charge in [0.15, 0.2) is 0 Å². The Balaban J connectivity index is 3.11. The Kier molecular flexibility index (Phi) is 29.3. The second-order valence-electron chi connectivity index (χ2n) is 7.81. The van der Waals surface area contributed by atoms with Gasteiger partial charge in [0, 0.05) is 0 Å². The Labute approximate surface area is 201 Å². The van der Waals surface area contributed by atoms with Crippen molar-refractivity contribution < 1.29 is 38.6 Å². The first kappa shape index (κ1) is 32.6. The van der Waals surface area contributed by atoms with Gasteiger partial charge in [-0.25, -0.2) is 0 Å². The van der Waals surface area contributed by atoms with Crippen LogP contribution in [0.25, 0.3) is 0 Å². The molecule has 0 spiro atoms. The number of ether oxygens (including phenoxy) is 6. The molecule has 33 heavy (non-hydrogen) atoms. The van der Waals surface area contributed by atoms with E-state index in [1.165, 1.54) is 44.9 Å². The van der Waals surface area contributed by atoms with Gasteiger partial charge >= 0.3 is 0 Å². The van der Waals surface area contributed by atoms with E-state index < -0.39 is 6.23 Å². The van der Waals surface area contributed by atoms with Gasteiger partial charge in [0.1, 0.15) is 6.23 Å². The van der Waals surface area contributed by atoms with Gasteiger partial charge in [-0.05, 0) is 13.0 Å². The number of unbranched alkanes of at least 4 members (excludes halogenated alkanes) is 7. The lowest BCUT2D eigenvalue weighted by atomic mass is 10.1. The molecule has 0 aromatic heterocycles. The Morgan fingerprint density at radius 3 is 1.39 bits per heavy atom. The van der Waals surface area contributed by atoms with Crippen LogP contribution in [0.15, 0.2) is 0 Å². The minimum absolute atomic E-state index is 0.0310. The van der Waals surface area contributed by atoms with Crippen LogP contribution in [0, 0.1) is 0 Å². The van der Waals surface area contributed by atoms with Crippen LogP contribution in [0.4, 0.5) is 0 Å². The Morgan fingerprint density at radius 2 is 0.939 bits per heavy atom. The predicted molar refractivity (Wildman–Crippen MR) is 129 cm³/mol. The van der Waals surface area contributed by atoms with E-state index in [0.29, 0.717) is 72.7 Å². The maximum atomic E-state index is 9.85. The van der Waals surface area contributed by atoms with Crippen molar-refractivity contribution in [2.45, 2.75) is 64.5 Å². The van der Waals surface area contributed by atoms with Crippen molar-refractivity contribution in [1.82, 2.24) is 5.32 Å². The topological polar surface area (TPSA) is 108 Å². The third-order valence-electron chi connectivity index (χ3n) is 4.78. The summed E-state index contributed by atoms with van der Waals surface area (Å²) in [7, 11) is 0. The van der Waals surface area contributed by atoms with Gasteiger partial charge in [0.2, 0.25) is 0 Å². The molecule has 9 heteroatoms. The number of nitrogens with one attached hydrogen (secondary N) is 1. The van der Waals surface area contributed by atoms with Crippen LogP contribution in [0.5, 0.6) is 0 Å². The quantitative estimate of drug-likeness (QED) is 0.109. The van der Waals surface area contributed by atoms with E-state index >= 15 is 0 Å². The van der Waals surface area contributed by atoms with E-state index in [1.54, 1.807) is 0 Å². The molecule has 0 rings (SSSR count). The highest BCUT2D eigenvalue weighted by molar-refractivity contribution is 4.54. The Hall–Kier alpha value is -0.360. The van der Waals surface area contributed by atoms with Crippen LogP contribution in [0.3, 0.4) is 0 Å². The number of hydrogen-bond acceptors (Lipinski definition) is 9. The first-order valence-corrected chi connectivity index (χ1v) is 12.8. The first-order valence-electron chi connectivity index (χ1n) is 12.8. The maximum absolute atomic E-state index is 9.85. The molecule has 0 aliphatic carbocycles. The summed E-state index contributed by atoms with van der Waals surface area (Å²) in [6.45, 7) is 8.65. The van der Waals surface area contributed by atoms with E-state index in [1.807, 2.05) is 0 Å². The number of rotatable bonds is 29. The Bertz CT molecular complexity index is 352. The molecule has 0 aromatic rings. The van der Waals surface area contributed by atoms with Gasteiger partial charge in [-0.1, -0.05) is 51.9 Å². The third-order valence-corrected chi connectivity index (χ3v) is 4.78. The molecule has 0 saturated carbocycles. The van der Waals surface area contributed by atoms with Crippen molar-refractivity contribution in [2.24, 2.45) is 0 Å². The molecule has 9 nitrogen and oxygen atoms in total. The standard InChI is InChI=1S/C24H51NO8/c1-2-3-4-5-6-7-8-9-10-25-24(27)23-33-22-21-32-20-19-31-18-17-30-16-15-29-14-13-28-12-11-26/h24-27H,2-23H2,1H3. The molecule has 0 bridgehead atoms. The van der Waals surface area contributed by atoms with E-state index in [4.69, 9.17) is 33.5 Å². The summed E-state index contributed by atoms with van der Waals surface area (Å²) in [5.41, 5.74) is 0. The zero-order chi connectivity index (χ0) is 24.1. The third kappa shape index (κ3) is 29.6. The van der Waals surface area contributed by atoms with E-state index in [-0.39, 0.29) is 13.2 Å². The molecule has 3 N–H and O–H groups in total. The summed E-state index contributed by atoms with van der Waals surface area (Å²) in [4.78, 5) is 0. The molecule has 1 unspecified atom stereocenters. The molecule has 0 aliphatic rings. The monoisotopic (exact) mass is 481 g/mol. The van der Waals surface area contributed by atoms with Crippen molar-refractivity contribution in [2.75, 3.05) is 92.4 Å². The van der Waals surface area contributed by atoms with E-state index in [2.05, 4.69) is 12.2 Å². The number of aliphatic hydroxyl groups excluding tert-OH is 2. The number of hydrogen-bond donors (Lipinski definition) is 3. The zero-order valence-corrected chi connectivity index (χ0v) is 21.0. The minimum Gasteiger partial charge on any atom is -0.394 e. The molecule has 0 amide bonds. The van der Waals surface area contributed by atoms with Gasteiger partial charge < -0.3 is 38.6 Å². The molecule has 0 heterocycles. The normalized spacial score (nSPS) is 12.5. The van der Waals surface area contributed by atoms with Gasteiger partial charge in [-0.15, -0.1) is 0 Å². The van der Waals surface area contributed by atoms with Gasteiger partial charge in [-0.2, -0.15) is 0 Å². The van der Waals surface area contributed by atoms with Crippen molar-refractivity contribution >= 4 is 0 Å². The number of aliphatic hydroxyl groups is 2. The molecular weight excluding hydrogens is 430 g/mol. The van der Waals surface area contributed by atoms with Gasteiger partial charge in [0.25, 0.3) is 0 Å². The lowest BCUT2D eigenvalue weighted by Gasteiger charge is -2.13. The fraction of sp³-hybridized carbons (Fsp3) is 1.00. The first-order chi connectivity index (χ1) is 16.3. The lowest BCUT2D eigenvalue weighted by Crippen LogP contribution is -2.34. The fourth-order valence-electron chi connectivity index (χ4n) is 2.95. The van der Waals surface area contributed by atoms with Crippen molar-refractivity contribution in [3.05, 3.63) is 0 Å².